The predicted octanol–water partition coefficient (Wildman–Crippen LogP) is 4.83. The number of halogens is 1. The molecule has 4 rings (SSSR count). The van der Waals surface area contributed by atoms with Gasteiger partial charge in [0.25, 0.3) is 5.91 Å². The Labute approximate surface area is 257 Å². The SMILES string of the molecule is CC(C)(C)OC(=O)CC[C@]1(C(=O)NNCCc2ccccc2F)N=C(c2ccc(OCCCO)cc2)O[C@H]1c1ccccc1. The molecule has 10 heteroatoms. The number of rotatable bonds is 14. The minimum atomic E-state index is -1.53. The Morgan fingerprint density at radius 2 is 1.73 bits per heavy atom. The minimum absolute atomic E-state index is 0.00809. The van der Waals surface area contributed by atoms with Gasteiger partial charge in [0.05, 0.1) is 6.61 Å². The van der Waals surface area contributed by atoms with Gasteiger partial charge in [-0.15, -0.1) is 0 Å². The van der Waals surface area contributed by atoms with E-state index in [1.807, 2.05) is 30.3 Å². The Hall–Kier alpha value is -4.28. The molecule has 9 nitrogen and oxygen atoms in total. The van der Waals surface area contributed by atoms with Crippen molar-refractivity contribution in [2.75, 3.05) is 19.8 Å². The molecule has 1 aliphatic rings. The first-order chi connectivity index (χ1) is 21.1. The summed E-state index contributed by atoms with van der Waals surface area (Å²) < 4.78 is 31.7. The molecule has 0 radical (unpaired) electrons. The van der Waals surface area contributed by atoms with Crippen LogP contribution < -0.4 is 15.6 Å². The van der Waals surface area contributed by atoms with E-state index in [2.05, 4.69) is 10.9 Å². The van der Waals surface area contributed by atoms with Crippen molar-refractivity contribution in [2.45, 2.75) is 63.7 Å². The molecule has 0 aromatic heterocycles. The lowest BCUT2D eigenvalue weighted by molar-refractivity contribution is -0.155. The molecule has 2 atom stereocenters. The topological polar surface area (TPSA) is 118 Å². The number of hydrogen-bond donors (Lipinski definition) is 3. The van der Waals surface area contributed by atoms with Gasteiger partial charge in [-0.1, -0.05) is 48.5 Å². The lowest BCUT2D eigenvalue weighted by atomic mass is 9.83. The Kier molecular flexibility index (Phi) is 11.1. The van der Waals surface area contributed by atoms with E-state index in [0.29, 0.717) is 41.9 Å². The van der Waals surface area contributed by atoms with E-state index in [9.17, 15) is 14.0 Å². The Morgan fingerprint density at radius 1 is 1.02 bits per heavy atom. The van der Waals surface area contributed by atoms with Gasteiger partial charge in [-0.25, -0.2) is 14.8 Å². The molecule has 1 heterocycles. The second-order valence-electron chi connectivity index (χ2n) is 11.5. The summed E-state index contributed by atoms with van der Waals surface area (Å²) in [4.78, 5) is 31.8. The fourth-order valence-electron chi connectivity index (χ4n) is 4.83. The molecule has 0 fully saturated rings. The van der Waals surface area contributed by atoms with Gasteiger partial charge in [0.1, 0.15) is 17.2 Å². The zero-order valence-electron chi connectivity index (χ0n) is 25.3. The number of amides is 1. The van der Waals surface area contributed by atoms with E-state index in [4.69, 9.17) is 24.3 Å². The van der Waals surface area contributed by atoms with Gasteiger partial charge < -0.3 is 19.3 Å². The molecular formula is C34H40FN3O6. The lowest BCUT2D eigenvalue weighted by Gasteiger charge is -2.31. The molecular weight excluding hydrogens is 565 g/mol. The summed E-state index contributed by atoms with van der Waals surface area (Å²) in [7, 11) is 0. The summed E-state index contributed by atoms with van der Waals surface area (Å²) in [5.41, 5.74) is 5.28. The van der Waals surface area contributed by atoms with E-state index >= 15 is 0 Å². The first-order valence-electron chi connectivity index (χ1n) is 14.8. The van der Waals surface area contributed by atoms with E-state index in [1.165, 1.54) is 6.07 Å². The first-order valence-corrected chi connectivity index (χ1v) is 14.8. The van der Waals surface area contributed by atoms with Crippen molar-refractivity contribution in [1.29, 1.82) is 0 Å². The van der Waals surface area contributed by atoms with E-state index in [1.54, 1.807) is 63.2 Å². The maximum atomic E-state index is 14.1. The molecule has 3 aromatic rings. The van der Waals surface area contributed by atoms with Gasteiger partial charge in [-0.3, -0.25) is 15.0 Å². The van der Waals surface area contributed by atoms with E-state index in [-0.39, 0.29) is 37.7 Å². The highest BCUT2D eigenvalue weighted by Gasteiger charge is 2.53. The number of nitrogens with one attached hydrogen (secondary N) is 2. The highest BCUT2D eigenvalue weighted by atomic mass is 19.1. The zero-order valence-corrected chi connectivity index (χ0v) is 25.3. The predicted molar refractivity (Wildman–Crippen MR) is 165 cm³/mol. The van der Waals surface area contributed by atoms with Gasteiger partial charge >= 0.3 is 5.97 Å². The third kappa shape index (κ3) is 8.64. The molecule has 0 spiro atoms. The van der Waals surface area contributed by atoms with Crippen LogP contribution in [-0.4, -0.2) is 53.8 Å². The molecule has 44 heavy (non-hydrogen) atoms. The summed E-state index contributed by atoms with van der Waals surface area (Å²) in [6.45, 7) is 6.03. The number of ether oxygens (including phenoxy) is 3. The van der Waals surface area contributed by atoms with Gasteiger partial charge in [0.15, 0.2) is 11.6 Å². The maximum Gasteiger partial charge on any atom is 0.306 e. The number of aliphatic hydroxyl groups is 1. The molecule has 234 valence electrons. The summed E-state index contributed by atoms with van der Waals surface area (Å²) in [5.74, 6) is -0.416. The zero-order chi connectivity index (χ0) is 31.6. The third-order valence-electron chi connectivity index (χ3n) is 6.94. The van der Waals surface area contributed by atoms with Crippen molar-refractivity contribution in [3.8, 4) is 5.75 Å². The minimum Gasteiger partial charge on any atom is -0.494 e. The van der Waals surface area contributed by atoms with Crippen molar-refractivity contribution in [2.24, 2.45) is 4.99 Å². The number of aliphatic hydroxyl groups excluding tert-OH is 1. The van der Waals surface area contributed by atoms with Crippen molar-refractivity contribution < 1.29 is 33.3 Å². The molecule has 1 amide bonds. The normalized spacial score (nSPS) is 17.8. The summed E-state index contributed by atoms with van der Waals surface area (Å²) in [5, 5.41) is 9.02. The van der Waals surface area contributed by atoms with Crippen molar-refractivity contribution in [3.05, 3.63) is 101 Å². The van der Waals surface area contributed by atoms with Crippen molar-refractivity contribution in [1.82, 2.24) is 10.9 Å². The third-order valence-corrected chi connectivity index (χ3v) is 6.94. The number of esters is 1. The molecule has 3 N–H and O–H groups in total. The first kappa shape index (κ1) is 32.6. The standard InChI is InChI=1S/C34H40FN3O6/c1-33(2,3)44-29(40)18-20-34(32(41)38-36-21-19-24-10-7-8-13-28(24)35)30(25-11-5-4-6-12-25)43-31(37-34)26-14-16-27(17-15-26)42-23-9-22-39/h4-8,10-17,30,36,39H,9,18-23H2,1-3H3,(H,38,41)/t30-,34-/m0/s1. The van der Waals surface area contributed by atoms with Gasteiger partial charge in [-0.2, -0.15) is 0 Å². The van der Waals surface area contributed by atoms with Crippen LogP contribution in [0, 0.1) is 5.82 Å². The van der Waals surface area contributed by atoms with Crippen LogP contribution in [-0.2, 0) is 25.5 Å². The van der Waals surface area contributed by atoms with Crippen molar-refractivity contribution >= 4 is 17.8 Å². The lowest BCUT2D eigenvalue weighted by Crippen LogP contribution is -2.53. The smallest absolute Gasteiger partial charge is 0.306 e. The highest BCUT2D eigenvalue weighted by Crippen LogP contribution is 2.43. The number of carbonyl (C=O) groups is 2. The van der Waals surface area contributed by atoms with E-state index < -0.39 is 29.1 Å². The van der Waals surface area contributed by atoms with Crippen LogP contribution in [0.2, 0.25) is 0 Å². The summed E-state index contributed by atoms with van der Waals surface area (Å²) in [6, 6.07) is 22.8. The fraction of sp³-hybridized carbons (Fsp3) is 0.382. The number of carbonyl (C=O) groups excluding carboxylic acids is 2. The molecule has 0 saturated heterocycles. The number of nitrogens with zero attached hydrogens (tertiary/aromatic N) is 1. The molecule has 0 aliphatic carbocycles. The quantitative estimate of drug-likeness (QED) is 0.137. The van der Waals surface area contributed by atoms with Crippen molar-refractivity contribution in [3.63, 3.8) is 0 Å². The number of hydrazine groups is 1. The van der Waals surface area contributed by atoms with Crippen LogP contribution >= 0.6 is 0 Å². The average Bonchev–Trinajstić information content (AvgIpc) is 3.40. The number of benzene rings is 3. The van der Waals surface area contributed by atoms with Gasteiger partial charge in [-0.05, 0) is 75.1 Å². The number of aliphatic imine (C=N–C) groups is 1. The summed E-state index contributed by atoms with van der Waals surface area (Å²) >= 11 is 0. The summed E-state index contributed by atoms with van der Waals surface area (Å²) in [6.07, 6.45) is -0.0673. The van der Waals surface area contributed by atoms with Gasteiger partial charge in [0, 0.05) is 31.6 Å². The van der Waals surface area contributed by atoms with Gasteiger partial charge in [0.2, 0.25) is 5.90 Å². The fourth-order valence-corrected chi connectivity index (χ4v) is 4.83. The molecule has 0 saturated carbocycles. The van der Waals surface area contributed by atoms with E-state index in [0.717, 1.165) is 0 Å². The monoisotopic (exact) mass is 605 g/mol. The van der Waals surface area contributed by atoms with Crippen LogP contribution in [0.15, 0.2) is 83.9 Å². The molecule has 1 aliphatic heterocycles. The van der Waals surface area contributed by atoms with Crippen LogP contribution in [0.5, 0.6) is 5.75 Å². The largest absolute Gasteiger partial charge is 0.494 e. The molecule has 0 unspecified atom stereocenters. The van der Waals surface area contributed by atoms with Crippen LogP contribution in [0.3, 0.4) is 0 Å². The average molecular weight is 606 g/mol. The second kappa shape index (κ2) is 14.9. The van der Waals surface area contributed by atoms with Crippen LogP contribution in [0.1, 0.15) is 62.8 Å². The Balaban J connectivity index is 1.62. The highest BCUT2D eigenvalue weighted by molar-refractivity contribution is 6.01. The Morgan fingerprint density at radius 3 is 2.41 bits per heavy atom. The second-order valence-corrected chi connectivity index (χ2v) is 11.5. The van der Waals surface area contributed by atoms with Crippen LogP contribution in [0.25, 0.3) is 0 Å². The Bertz CT molecular complexity index is 1420. The maximum absolute atomic E-state index is 14.1. The molecule has 3 aromatic carbocycles. The number of hydrogen-bond acceptors (Lipinski definition) is 8. The van der Waals surface area contributed by atoms with Crippen LogP contribution in [0.4, 0.5) is 4.39 Å². The molecule has 0 bridgehead atoms.